The molecule has 5 nitrogen and oxygen atoms in total. The molecule has 140 valence electrons. The number of carbonyl (C=O) groups is 1. The van der Waals surface area contributed by atoms with E-state index >= 15 is 0 Å². The standard InChI is InChI=1S/C20H19Cl2N3O2/c1-13(14-5-3-2-4-6-14)23-11-17(20(26)27)15-7-8-19(18(22)9-15)25-12-16(21)10-24-25/h2-10,12-13,17,23H,11H2,1H3,(H,26,27). The smallest absolute Gasteiger partial charge is 0.312 e. The molecular formula is C20H19Cl2N3O2. The van der Waals surface area contributed by atoms with Gasteiger partial charge < -0.3 is 10.4 Å². The van der Waals surface area contributed by atoms with Crippen molar-refractivity contribution in [1.29, 1.82) is 0 Å². The summed E-state index contributed by atoms with van der Waals surface area (Å²) in [4.78, 5) is 11.8. The Labute approximate surface area is 167 Å². The van der Waals surface area contributed by atoms with Gasteiger partial charge in [-0.05, 0) is 30.2 Å². The second kappa shape index (κ2) is 8.57. The molecular weight excluding hydrogens is 385 g/mol. The van der Waals surface area contributed by atoms with Crippen molar-refractivity contribution in [3.05, 3.63) is 82.1 Å². The lowest BCUT2D eigenvalue weighted by molar-refractivity contribution is -0.138. The summed E-state index contributed by atoms with van der Waals surface area (Å²) in [6.07, 6.45) is 3.15. The molecule has 2 atom stereocenters. The fourth-order valence-corrected chi connectivity index (χ4v) is 3.27. The summed E-state index contributed by atoms with van der Waals surface area (Å²) in [5.74, 6) is -1.63. The number of aliphatic carboxylic acids is 1. The van der Waals surface area contributed by atoms with E-state index in [-0.39, 0.29) is 12.6 Å². The number of rotatable bonds is 7. The molecule has 2 N–H and O–H groups in total. The third-order valence-electron chi connectivity index (χ3n) is 4.40. The zero-order chi connectivity index (χ0) is 19.4. The molecule has 0 saturated carbocycles. The first kappa shape index (κ1) is 19.4. The zero-order valence-electron chi connectivity index (χ0n) is 14.6. The third-order valence-corrected chi connectivity index (χ3v) is 4.90. The van der Waals surface area contributed by atoms with Crippen LogP contribution in [0.15, 0.2) is 60.9 Å². The van der Waals surface area contributed by atoms with Crippen molar-refractivity contribution in [1.82, 2.24) is 15.1 Å². The minimum atomic E-state index is -0.909. The number of aromatic nitrogens is 2. The molecule has 0 aliphatic rings. The van der Waals surface area contributed by atoms with Crippen molar-refractivity contribution in [2.24, 2.45) is 0 Å². The number of carboxylic acids is 1. The van der Waals surface area contributed by atoms with E-state index in [1.54, 1.807) is 29.1 Å². The molecule has 2 aromatic carbocycles. The van der Waals surface area contributed by atoms with Crippen LogP contribution in [0.4, 0.5) is 0 Å². The van der Waals surface area contributed by atoms with Crippen molar-refractivity contribution in [2.45, 2.75) is 18.9 Å². The Kier molecular flexibility index (Phi) is 6.16. The van der Waals surface area contributed by atoms with Gasteiger partial charge in [-0.15, -0.1) is 0 Å². The summed E-state index contributed by atoms with van der Waals surface area (Å²) in [5, 5.41) is 18.0. The van der Waals surface area contributed by atoms with E-state index < -0.39 is 11.9 Å². The van der Waals surface area contributed by atoms with Gasteiger partial charge in [0.15, 0.2) is 0 Å². The third kappa shape index (κ3) is 4.69. The predicted octanol–water partition coefficient (Wildman–Crippen LogP) is 4.70. The number of halogens is 2. The van der Waals surface area contributed by atoms with Gasteiger partial charge in [-0.25, -0.2) is 4.68 Å². The van der Waals surface area contributed by atoms with Gasteiger partial charge in [0.05, 0.1) is 27.8 Å². The number of benzene rings is 2. The molecule has 3 aromatic rings. The lowest BCUT2D eigenvalue weighted by Gasteiger charge is -2.19. The second-order valence-electron chi connectivity index (χ2n) is 6.25. The summed E-state index contributed by atoms with van der Waals surface area (Å²) >= 11 is 12.3. The Morgan fingerprint density at radius 3 is 2.52 bits per heavy atom. The van der Waals surface area contributed by atoms with Crippen LogP contribution >= 0.6 is 23.2 Å². The normalized spacial score (nSPS) is 13.3. The largest absolute Gasteiger partial charge is 0.481 e. The maximum absolute atomic E-state index is 11.8. The van der Waals surface area contributed by atoms with E-state index in [9.17, 15) is 9.90 Å². The molecule has 0 amide bonds. The van der Waals surface area contributed by atoms with Crippen LogP contribution < -0.4 is 5.32 Å². The average Bonchev–Trinajstić information content (AvgIpc) is 3.08. The molecule has 0 saturated heterocycles. The second-order valence-corrected chi connectivity index (χ2v) is 7.09. The van der Waals surface area contributed by atoms with Crippen LogP contribution in [0.3, 0.4) is 0 Å². The summed E-state index contributed by atoms with van der Waals surface area (Å²) in [7, 11) is 0. The first-order valence-electron chi connectivity index (χ1n) is 8.47. The molecule has 2 unspecified atom stereocenters. The minimum Gasteiger partial charge on any atom is -0.481 e. The Bertz CT molecular complexity index is 928. The van der Waals surface area contributed by atoms with Crippen molar-refractivity contribution in [3.8, 4) is 5.69 Å². The van der Waals surface area contributed by atoms with Gasteiger partial charge in [0.2, 0.25) is 0 Å². The van der Waals surface area contributed by atoms with Gasteiger partial charge in [0.25, 0.3) is 0 Å². The highest BCUT2D eigenvalue weighted by atomic mass is 35.5. The Morgan fingerprint density at radius 1 is 1.19 bits per heavy atom. The lowest BCUT2D eigenvalue weighted by atomic mass is 9.98. The van der Waals surface area contributed by atoms with Crippen LogP contribution in [0.5, 0.6) is 0 Å². The molecule has 0 aliphatic heterocycles. The Morgan fingerprint density at radius 2 is 1.93 bits per heavy atom. The van der Waals surface area contributed by atoms with Crippen LogP contribution in [0.1, 0.15) is 30.0 Å². The number of hydrogen-bond donors (Lipinski definition) is 2. The van der Waals surface area contributed by atoms with E-state index in [4.69, 9.17) is 23.2 Å². The van der Waals surface area contributed by atoms with Gasteiger partial charge >= 0.3 is 5.97 Å². The Balaban J connectivity index is 1.77. The number of carboxylic acid groups (broad SMARTS) is 1. The number of nitrogens with zero attached hydrogens (tertiary/aromatic N) is 2. The fourth-order valence-electron chi connectivity index (χ4n) is 2.86. The van der Waals surface area contributed by atoms with Crippen molar-refractivity contribution >= 4 is 29.2 Å². The molecule has 1 heterocycles. The molecule has 27 heavy (non-hydrogen) atoms. The highest BCUT2D eigenvalue weighted by Crippen LogP contribution is 2.27. The average molecular weight is 404 g/mol. The fraction of sp³-hybridized carbons (Fsp3) is 0.200. The van der Waals surface area contributed by atoms with Gasteiger partial charge in [-0.3, -0.25) is 4.79 Å². The van der Waals surface area contributed by atoms with E-state index in [1.807, 2.05) is 37.3 Å². The molecule has 0 spiro atoms. The molecule has 0 bridgehead atoms. The van der Waals surface area contributed by atoms with Gasteiger partial charge in [-0.2, -0.15) is 5.10 Å². The van der Waals surface area contributed by atoms with Crippen LogP contribution in [0.2, 0.25) is 10.0 Å². The molecule has 0 fully saturated rings. The molecule has 3 rings (SSSR count). The van der Waals surface area contributed by atoms with Crippen molar-refractivity contribution in [3.63, 3.8) is 0 Å². The maximum atomic E-state index is 11.8. The van der Waals surface area contributed by atoms with Gasteiger partial charge in [0, 0.05) is 18.8 Å². The SMILES string of the molecule is CC(NCC(C(=O)O)c1ccc(-n2cc(Cl)cn2)c(Cl)c1)c1ccccc1. The van der Waals surface area contributed by atoms with E-state index in [0.29, 0.717) is 21.3 Å². The summed E-state index contributed by atoms with van der Waals surface area (Å²) < 4.78 is 1.56. The van der Waals surface area contributed by atoms with Gasteiger partial charge in [-0.1, -0.05) is 59.6 Å². The van der Waals surface area contributed by atoms with Crippen LogP contribution in [0, 0.1) is 0 Å². The number of nitrogens with one attached hydrogen (secondary N) is 1. The minimum absolute atomic E-state index is 0.0361. The monoisotopic (exact) mass is 403 g/mol. The lowest BCUT2D eigenvalue weighted by Crippen LogP contribution is -2.29. The molecule has 0 radical (unpaired) electrons. The van der Waals surface area contributed by atoms with E-state index in [1.165, 1.54) is 6.20 Å². The maximum Gasteiger partial charge on any atom is 0.312 e. The van der Waals surface area contributed by atoms with Crippen molar-refractivity contribution in [2.75, 3.05) is 6.54 Å². The number of hydrogen-bond acceptors (Lipinski definition) is 3. The van der Waals surface area contributed by atoms with E-state index in [0.717, 1.165) is 5.56 Å². The highest BCUT2D eigenvalue weighted by Gasteiger charge is 2.22. The summed E-state index contributed by atoms with van der Waals surface area (Å²) in [6.45, 7) is 2.29. The first-order chi connectivity index (χ1) is 13.0. The topological polar surface area (TPSA) is 67.2 Å². The molecule has 7 heteroatoms. The first-order valence-corrected chi connectivity index (χ1v) is 9.22. The van der Waals surface area contributed by atoms with Crippen LogP contribution in [0.25, 0.3) is 5.69 Å². The highest BCUT2D eigenvalue weighted by molar-refractivity contribution is 6.32. The van der Waals surface area contributed by atoms with Crippen LogP contribution in [-0.4, -0.2) is 27.4 Å². The Hall–Kier alpha value is -2.34. The van der Waals surface area contributed by atoms with E-state index in [2.05, 4.69) is 10.4 Å². The predicted molar refractivity (Wildman–Crippen MR) is 107 cm³/mol. The quantitative estimate of drug-likeness (QED) is 0.599. The molecule has 1 aromatic heterocycles. The summed E-state index contributed by atoms with van der Waals surface area (Å²) in [6, 6.07) is 15.1. The van der Waals surface area contributed by atoms with Crippen molar-refractivity contribution < 1.29 is 9.90 Å². The summed E-state index contributed by atoms with van der Waals surface area (Å²) in [5.41, 5.74) is 2.37. The zero-order valence-corrected chi connectivity index (χ0v) is 16.2. The molecule has 0 aliphatic carbocycles. The van der Waals surface area contributed by atoms with Gasteiger partial charge in [0.1, 0.15) is 0 Å². The van der Waals surface area contributed by atoms with Crippen LogP contribution in [-0.2, 0) is 4.79 Å².